The van der Waals surface area contributed by atoms with Crippen molar-refractivity contribution in [3.8, 4) is 0 Å². The minimum atomic E-state index is -3.74. The lowest BCUT2D eigenvalue weighted by molar-refractivity contribution is 0.341. The molecule has 0 spiro atoms. The fourth-order valence-corrected chi connectivity index (χ4v) is 2.50. The molecule has 0 N–H and O–H groups in total. The summed E-state index contributed by atoms with van der Waals surface area (Å²) >= 11 is 0. The van der Waals surface area contributed by atoms with Crippen LogP contribution < -0.4 is 0 Å². The summed E-state index contributed by atoms with van der Waals surface area (Å²) in [7, 11) is -4.18. The molecule has 0 bridgehead atoms. The van der Waals surface area contributed by atoms with Crippen molar-refractivity contribution in [2.24, 2.45) is 0 Å². The minimum absolute atomic E-state index is 1.07. The Labute approximate surface area is 63.4 Å². The molecule has 0 aliphatic heterocycles. The molecule has 0 aliphatic rings. The number of hydrogen-bond acceptors (Lipinski definition) is 4. The van der Waals surface area contributed by atoms with E-state index in [1.54, 1.807) is 18.8 Å². The Morgan fingerprint density at radius 3 is 1.60 bits per heavy atom. The first-order chi connectivity index (χ1) is 4.27. The summed E-state index contributed by atoms with van der Waals surface area (Å²) < 4.78 is 29.9. The first kappa shape index (κ1) is 10.2. The summed E-state index contributed by atoms with van der Waals surface area (Å²) in [4.78, 5) is 0. The van der Waals surface area contributed by atoms with Crippen molar-refractivity contribution in [3.63, 3.8) is 0 Å². The van der Waals surface area contributed by atoms with Gasteiger partial charge in [-0.2, -0.15) is 12.0 Å². The van der Waals surface area contributed by atoms with Crippen LogP contribution in [0.1, 0.15) is 0 Å². The quantitative estimate of drug-likeness (QED) is 0.647. The predicted molar refractivity (Wildman–Crippen MR) is 42.4 cm³/mol. The van der Waals surface area contributed by atoms with E-state index < -0.39 is 20.7 Å². The third kappa shape index (κ3) is 5.04. The van der Waals surface area contributed by atoms with Crippen molar-refractivity contribution >= 4 is 20.7 Å². The van der Waals surface area contributed by atoms with Crippen molar-refractivity contribution in [1.82, 2.24) is 0 Å². The van der Waals surface area contributed by atoms with Crippen LogP contribution in [0.2, 0.25) is 0 Å². The van der Waals surface area contributed by atoms with Gasteiger partial charge in [-0.05, 0) is 18.8 Å². The summed E-state index contributed by atoms with van der Waals surface area (Å²) in [5, 5.41) is 0. The van der Waals surface area contributed by atoms with E-state index >= 15 is 0 Å². The Morgan fingerprint density at radius 1 is 1.10 bits per heavy atom. The second kappa shape index (κ2) is 3.08. The van der Waals surface area contributed by atoms with Gasteiger partial charge in [0.15, 0.2) is 0 Å². The molecule has 0 saturated carbocycles. The van der Waals surface area contributed by atoms with Crippen LogP contribution in [0.4, 0.5) is 0 Å². The summed E-state index contributed by atoms with van der Waals surface area (Å²) in [6.45, 7) is 0. The highest BCUT2D eigenvalue weighted by atomic mass is 32.3. The third-order valence-electron chi connectivity index (χ3n) is 0.492. The molecule has 6 heteroatoms. The predicted octanol–water partition coefficient (Wildman–Crippen LogP) is 0.503. The average molecular weight is 188 g/mol. The maximum atomic E-state index is 10.6. The van der Waals surface area contributed by atoms with Gasteiger partial charge in [0.1, 0.15) is 0 Å². The van der Waals surface area contributed by atoms with Crippen LogP contribution in [-0.4, -0.2) is 34.3 Å². The molecule has 0 radical (unpaired) electrons. The van der Waals surface area contributed by atoms with Crippen LogP contribution in [0, 0.1) is 0 Å². The van der Waals surface area contributed by atoms with Gasteiger partial charge < -0.3 is 0 Å². The normalized spacial score (nSPS) is 15.2. The molecule has 0 heterocycles. The van der Waals surface area contributed by atoms with Crippen molar-refractivity contribution < 1.29 is 16.2 Å². The topological polar surface area (TPSA) is 52.6 Å². The number of rotatable bonds is 3. The Morgan fingerprint density at radius 2 is 1.50 bits per heavy atom. The Kier molecular flexibility index (Phi) is 3.15. The molecule has 10 heavy (non-hydrogen) atoms. The van der Waals surface area contributed by atoms with E-state index in [0.29, 0.717) is 0 Å². The third-order valence-corrected chi connectivity index (χ3v) is 3.20. The molecule has 0 unspecified atom stereocenters. The molecule has 0 aliphatic carbocycles. The monoisotopic (exact) mass is 188 g/mol. The molecule has 0 aromatic carbocycles. The lowest BCUT2D eigenvalue weighted by Gasteiger charge is -2.22. The van der Waals surface area contributed by atoms with E-state index in [0.717, 1.165) is 7.11 Å². The Balaban J connectivity index is 4.18. The van der Waals surface area contributed by atoms with E-state index in [2.05, 4.69) is 7.81 Å². The molecule has 0 atom stereocenters. The fraction of sp³-hybridized carbons (Fsp3) is 1.00. The summed E-state index contributed by atoms with van der Waals surface area (Å²) in [5.41, 5.74) is 0. The minimum Gasteiger partial charge on any atom is -0.251 e. The van der Waals surface area contributed by atoms with E-state index in [4.69, 9.17) is 0 Å². The van der Waals surface area contributed by atoms with Crippen LogP contribution in [-0.2, 0) is 18.2 Å². The molecule has 64 valence electrons. The molecular formula is C4H12O4S2. The second-order valence-electron chi connectivity index (χ2n) is 2.37. The van der Waals surface area contributed by atoms with Crippen molar-refractivity contribution in [3.05, 3.63) is 0 Å². The average Bonchev–Trinajstić information content (AvgIpc) is 1.60. The SMILES string of the molecule is COS(=O)(=O)OS(C)(C)C. The molecule has 0 fully saturated rings. The second-order valence-corrected chi connectivity index (χ2v) is 7.51. The highest BCUT2D eigenvalue weighted by Gasteiger charge is 2.16. The van der Waals surface area contributed by atoms with Crippen LogP contribution in [0.5, 0.6) is 0 Å². The van der Waals surface area contributed by atoms with Crippen molar-refractivity contribution in [2.75, 3.05) is 25.9 Å². The van der Waals surface area contributed by atoms with Crippen LogP contribution >= 0.6 is 10.3 Å². The van der Waals surface area contributed by atoms with Gasteiger partial charge in [0.25, 0.3) is 0 Å². The van der Waals surface area contributed by atoms with Gasteiger partial charge in [-0.3, -0.25) is 4.18 Å². The van der Waals surface area contributed by atoms with Gasteiger partial charge >= 0.3 is 10.4 Å². The van der Waals surface area contributed by atoms with Gasteiger partial charge in [-0.25, -0.2) is 0 Å². The summed E-state index contributed by atoms with van der Waals surface area (Å²) in [6.07, 6.45) is 5.14. The fourth-order valence-electron chi connectivity index (χ4n) is 0.278. The highest BCUT2D eigenvalue weighted by molar-refractivity contribution is 8.31. The maximum absolute atomic E-state index is 10.6. The zero-order valence-corrected chi connectivity index (χ0v) is 8.08. The zero-order valence-electron chi connectivity index (χ0n) is 6.45. The van der Waals surface area contributed by atoms with E-state index in [-0.39, 0.29) is 0 Å². The van der Waals surface area contributed by atoms with Crippen molar-refractivity contribution in [2.45, 2.75) is 0 Å². The molecule has 0 rings (SSSR count). The number of hydrogen-bond donors (Lipinski definition) is 0. The molecular weight excluding hydrogens is 176 g/mol. The summed E-state index contributed by atoms with van der Waals surface area (Å²) in [5.74, 6) is 0. The molecule has 0 aromatic rings. The molecule has 0 saturated heterocycles. The smallest absolute Gasteiger partial charge is 0.251 e. The largest absolute Gasteiger partial charge is 0.409 e. The van der Waals surface area contributed by atoms with Gasteiger partial charge in [0.05, 0.1) is 7.11 Å². The Hall–Kier alpha value is 0.220. The van der Waals surface area contributed by atoms with Crippen LogP contribution in [0.25, 0.3) is 0 Å². The van der Waals surface area contributed by atoms with Crippen molar-refractivity contribution in [1.29, 1.82) is 0 Å². The zero-order chi connectivity index (χ0) is 8.41. The first-order valence-corrected chi connectivity index (χ1v) is 6.58. The standard InChI is InChI=1S/C4H12O4S2/c1-7-10(5,6)8-9(2,3)4/h1-4H3. The lowest BCUT2D eigenvalue weighted by atomic mass is 11.8. The molecule has 0 amide bonds. The Bertz CT molecular complexity index is 188. The molecule has 4 nitrogen and oxygen atoms in total. The van der Waals surface area contributed by atoms with Gasteiger partial charge in [0, 0.05) is 0 Å². The molecule has 0 aromatic heterocycles. The van der Waals surface area contributed by atoms with Gasteiger partial charge in [0.2, 0.25) is 0 Å². The summed E-state index contributed by atoms with van der Waals surface area (Å²) in [6, 6.07) is 0. The highest BCUT2D eigenvalue weighted by Crippen LogP contribution is 2.38. The van der Waals surface area contributed by atoms with E-state index in [9.17, 15) is 8.42 Å². The van der Waals surface area contributed by atoms with E-state index in [1.807, 2.05) is 0 Å². The maximum Gasteiger partial charge on any atom is 0.409 e. The lowest BCUT2D eigenvalue weighted by Crippen LogP contribution is -2.09. The van der Waals surface area contributed by atoms with Crippen LogP contribution in [0.15, 0.2) is 0 Å². The first-order valence-electron chi connectivity index (χ1n) is 2.47. The van der Waals surface area contributed by atoms with Crippen LogP contribution in [0.3, 0.4) is 0 Å². The van der Waals surface area contributed by atoms with Gasteiger partial charge in [-0.15, -0.1) is 10.3 Å². The van der Waals surface area contributed by atoms with E-state index in [1.165, 1.54) is 0 Å². The van der Waals surface area contributed by atoms with Gasteiger partial charge in [-0.1, -0.05) is 0 Å².